The van der Waals surface area contributed by atoms with Gasteiger partial charge in [-0.15, -0.1) is 0 Å². The number of aryl methyl sites for hydroxylation is 2. The first kappa shape index (κ1) is 13.1. The van der Waals surface area contributed by atoms with E-state index in [4.69, 9.17) is 14.3 Å². The summed E-state index contributed by atoms with van der Waals surface area (Å²) in [5.41, 5.74) is 0.235. The highest BCUT2D eigenvalue weighted by Crippen LogP contribution is 2.22. The molecule has 0 aliphatic carbocycles. The summed E-state index contributed by atoms with van der Waals surface area (Å²) >= 11 is 0. The van der Waals surface area contributed by atoms with Gasteiger partial charge in [0.2, 0.25) is 5.89 Å². The van der Waals surface area contributed by atoms with Crippen LogP contribution in [0.5, 0.6) is 5.75 Å². The molecule has 1 aromatic heterocycles. The third kappa shape index (κ3) is 2.73. The average molecular weight is 265 g/mol. The molecule has 0 atom stereocenters. The fourth-order valence-electron chi connectivity index (χ4n) is 1.57. The van der Waals surface area contributed by atoms with Crippen LogP contribution in [0.1, 0.15) is 27.7 Å². The van der Waals surface area contributed by atoms with Gasteiger partial charge in [-0.3, -0.25) is 0 Å². The summed E-state index contributed by atoms with van der Waals surface area (Å²) in [4.78, 5) is 15.0. The lowest BCUT2D eigenvalue weighted by Gasteiger charge is -2.07. The fourth-order valence-corrected chi connectivity index (χ4v) is 1.57. The van der Waals surface area contributed by atoms with Crippen molar-refractivity contribution in [3.05, 3.63) is 46.9 Å². The Morgan fingerprint density at radius 3 is 2.79 bits per heavy atom. The van der Waals surface area contributed by atoms with Crippen molar-refractivity contribution in [1.29, 1.82) is 0 Å². The van der Waals surface area contributed by atoms with E-state index in [0.717, 1.165) is 11.8 Å². The molecule has 1 aromatic carbocycles. The van der Waals surface area contributed by atoms with Gasteiger partial charge in [-0.05, 0) is 26.0 Å². The van der Waals surface area contributed by atoms with Crippen LogP contribution >= 0.6 is 0 Å². The third-order valence-corrected chi connectivity index (χ3v) is 2.61. The van der Waals surface area contributed by atoms with E-state index in [1.807, 2.05) is 0 Å². The zero-order valence-electron chi connectivity index (χ0n) is 10.4. The highest BCUT2D eigenvalue weighted by molar-refractivity contribution is 5.91. The van der Waals surface area contributed by atoms with Crippen LogP contribution in [0.15, 0.2) is 22.6 Å². The molecule has 0 saturated carbocycles. The number of carboxylic acids is 1. The Kier molecular flexibility index (Phi) is 3.50. The number of carbonyl (C=O) groups is 1. The van der Waals surface area contributed by atoms with Gasteiger partial charge in [-0.2, -0.15) is 0 Å². The summed E-state index contributed by atoms with van der Waals surface area (Å²) in [7, 11) is 0. The van der Waals surface area contributed by atoms with Crippen LogP contribution in [0.4, 0.5) is 4.39 Å². The number of oxazole rings is 1. The molecule has 2 rings (SSSR count). The van der Waals surface area contributed by atoms with Crippen molar-refractivity contribution in [2.45, 2.75) is 20.5 Å². The quantitative estimate of drug-likeness (QED) is 0.920. The molecule has 5 nitrogen and oxygen atoms in total. The first-order valence-corrected chi connectivity index (χ1v) is 5.56. The molecule has 0 radical (unpaired) electrons. The number of hydrogen-bond acceptors (Lipinski definition) is 4. The number of rotatable bonds is 4. The minimum absolute atomic E-state index is 0.0546. The van der Waals surface area contributed by atoms with E-state index < -0.39 is 17.3 Å². The van der Waals surface area contributed by atoms with Crippen molar-refractivity contribution >= 4 is 5.97 Å². The van der Waals surface area contributed by atoms with E-state index in [9.17, 15) is 9.18 Å². The highest BCUT2D eigenvalue weighted by atomic mass is 19.1. The summed E-state index contributed by atoms with van der Waals surface area (Å²) in [6.07, 6.45) is 0. The number of aromatic nitrogens is 1. The largest absolute Gasteiger partial charge is 0.483 e. The van der Waals surface area contributed by atoms with Gasteiger partial charge in [0.15, 0.2) is 6.61 Å². The van der Waals surface area contributed by atoms with Crippen LogP contribution in [0.25, 0.3) is 0 Å². The van der Waals surface area contributed by atoms with Crippen LogP contribution < -0.4 is 4.74 Å². The first-order chi connectivity index (χ1) is 8.99. The standard InChI is InChI=1S/C13H12FNO4/c1-7-8(2)19-11(15-7)6-18-10-5-3-4-9(14)12(10)13(16)17/h3-5H,6H2,1-2H3,(H,16,17). The lowest BCUT2D eigenvalue weighted by Crippen LogP contribution is -2.06. The van der Waals surface area contributed by atoms with Crippen molar-refractivity contribution in [2.75, 3.05) is 0 Å². The van der Waals surface area contributed by atoms with Gasteiger partial charge in [0.1, 0.15) is 22.9 Å². The van der Waals surface area contributed by atoms with Crippen LogP contribution in [-0.2, 0) is 6.61 Å². The molecule has 0 fully saturated rings. The van der Waals surface area contributed by atoms with Gasteiger partial charge in [-0.25, -0.2) is 14.2 Å². The fraction of sp³-hybridized carbons (Fsp3) is 0.231. The number of aromatic carboxylic acids is 1. The van der Waals surface area contributed by atoms with E-state index in [1.165, 1.54) is 12.1 Å². The molecule has 0 unspecified atom stereocenters. The molecule has 0 aliphatic heterocycles. The number of halogens is 1. The van der Waals surface area contributed by atoms with Crippen LogP contribution in [-0.4, -0.2) is 16.1 Å². The molecule has 1 heterocycles. The number of hydrogen-bond donors (Lipinski definition) is 1. The van der Waals surface area contributed by atoms with Gasteiger partial charge in [0, 0.05) is 0 Å². The molecule has 6 heteroatoms. The summed E-state index contributed by atoms with van der Waals surface area (Å²) in [6, 6.07) is 3.83. The molecule has 1 N–H and O–H groups in total. The second-order valence-corrected chi connectivity index (χ2v) is 3.96. The lowest BCUT2D eigenvalue weighted by molar-refractivity contribution is 0.0685. The van der Waals surface area contributed by atoms with E-state index in [-0.39, 0.29) is 12.4 Å². The zero-order valence-corrected chi connectivity index (χ0v) is 10.4. The number of benzene rings is 1. The summed E-state index contributed by atoms with van der Waals surface area (Å²) < 4.78 is 23.9. The van der Waals surface area contributed by atoms with Gasteiger partial charge < -0.3 is 14.3 Å². The molecule has 2 aromatic rings. The van der Waals surface area contributed by atoms with Crippen LogP contribution in [0, 0.1) is 19.7 Å². The van der Waals surface area contributed by atoms with Gasteiger partial charge in [0.25, 0.3) is 0 Å². The van der Waals surface area contributed by atoms with Gasteiger partial charge in [0.05, 0.1) is 5.69 Å². The summed E-state index contributed by atoms with van der Waals surface area (Å²) in [5.74, 6) is -1.30. The van der Waals surface area contributed by atoms with E-state index in [1.54, 1.807) is 13.8 Å². The Balaban J connectivity index is 2.20. The molecule has 0 bridgehead atoms. The Morgan fingerprint density at radius 1 is 1.47 bits per heavy atom. The monoisotopic (exact) mass is 265 g/mol. The number of carboxylic acid groups (broad SMARTS) is 1. The van der Waals surface area contributed by atoms with E-state index >= 15 is 0 Å². The smallest absolute Gasteiger partial charge is 0.342 e. The normalized spacial score (nSPS) is 10.5. The molecule has 0 amide bonds. The summed E-state index contributed by atoms with van der Waals surface area (Å²) in [6.45, 7) is 3.49. The van der Waals surface area contributed by atoms with Gasteiger partial charge in [-0.1, -0.05) is 6.07 Å². The number of ether oxygens (including phenoxy) is 1. The van der Waals surface area contributed by atoms with Crippen molar-refractivity contribution in [3.63, 3.8) is 0 Å². The van der Waals surface area contributed by atoms with Crippen molar-refractivity contribution in [1.82, 2.24) is 4.98 Å². The van der Waals surface area contributed by atoms with Crippen molar-refractivity contribution in [2.24, 2.45) is 0 Å². The molecule has 0 saturated heterocycles. The average Bonchev–Trinajstić information content (AvgIpc) is 2.65. The second kappa shape index (κ2) is 5.09. The molecule has 100 valence electrons. The lowest BCUT2D eigenvalue weighted by atomic mass is 10.2. The third-order valence-electron chi connectivity index (χ3n) is 2.61. The topological polar surface area (TPSA) is 72.6 Å². The molecule has 19 heavy (non-hydrogen) atoms. The maximum Gasteiger partial charge on any atom is 0.342 e. The van der Waals surface area contributed by atoms with Crippen molar-refractivity contribution in [3.8, 4) is 5.75 Å². The first-order valence-electron chi connectivity index (χ1n) is 5.56. The summed E-state index contributed by atoms with van der Waals surface area (Å²) in [5, 5.41) is 8.93. The molecule has 0 aliphatic rings. The molecular weight excluding hydrogens is 253 g/mol. The van der Waals surface area contributed by atoms with Crippen LogP contribution in [0.3, 0.4) is 0 Å². The number of nitrogens with zero attached hydrogens (tertiary/aromatic N) is 1. The minimum atomic E-state index is -1.38. The predicted molar refractivity (Wildman–Crippen MR) is 63.7 cm³/mol. The Labute approximate surface area is 108 Å². The van der Waals surface area contributed by atoms with Gasteiger partial charge >= 0.3 is 5.97 Å². The minimum Gasteiger partial charge on any atom is -0.483 e. The van der Waals surface area contributed by atoms with E-state index in [2.05, 4.69) is 4.98 Å². The zero-order chi connectivity index (χ0) is 14.0. The Bertz CT molecular complexity index is 602. The Morgan fingerprint density at radius 2 is 2.21 bits per heavy atom. The second-order valence-electron chi connectivity index (χ2n) is 3.96. The maximum atomic E-state index is 13.4. The molecule has 0 spiro atoms. The molecular formula is C13H12FNO4. The Hall–Kier alpha value is -2.37. The SMILES string of the molecule is Cc1nc(COc2cccc(F)c2C(=O)O)oc1C. The highest BCUT2D eigenvalue weighted by Gasteiger charge is 2.17. The predicted octanol–water partition coefficient (Wildman–Crippen LogP) is 2.71. The maximum absolute atomic E-state index is 13.4. The van der Waals surface area contributed by atoms with Crippen LogP contribution in [0.2, 0.25) is 0 Å². The van der Waals surface area contributed by atoms with Crippen molar-refractivity contribution < 1.29 is 23.4 Å². The van der Waals surface area contributed by atoms with E-state index in [0.29, 0.717) is 11.7 Å².